The van der Waals surface area contributed by atoms with E-state index in [0.29, 0.717) is 37.4 Å². The molecule has 0 spiro atoms. The van der Waals surface area contributed by atoms with E-state index in [9.17, 15) is 4.79 Å². The largest absolute Gasteiger partial charge is 0.490 e. The summed E-state index contributed by atoms with van der Waals surface area (Å²) in [6.07, 6.45) is 2.85. The van der Waals surface area contributed by atoms with Crippen molar-refractivity contribution in [3.63, 3.8) is 0 Å². The van der Waals surface area contributed by atoms with Gasteiger partial charge in [0.05, 0.1) is 19.5 Å². The van der Waals surface area contributed by atoms with Crippen LogP contribution in [-0.4, -0.2) is 24.3 Å². The zero-order valence-corrected chi connectivity index (χ0v) is 17.8. The van der Waals surface area contributed by atoms with Crippen LogP contribution in [0.15, 0.2) is 89.5 Å². The molecule has 5 heteroatoms. The Morgan fingerprint density at radius 3 is 2.22 bits per heavy atom. The molecule has 0 saturated heterocycles. The van der Waals surface area contributed by atoms with Gasteiger partial charge in [-0.1, -0.05) is 72.8 Å². The molecular weight excluding hydrogens is 404 g/mol. The number of aliphatic carboxylic acids is 1. The number of para-hydroxylation sites is 1. The third kappa shape index (κ3) is 5.37. The minimum absolute atomic E-state index is 0.0840. The Bertz CT molecular complexity index is 1100. The highest BCUT2D eigenvalue weighted by atomic mass is 16.5. The van der Waals surface area contributed by atoms with E-state index in [4.69, 9.17) is 19.0 Å². The lowest BCUT2D eigenvalue weighted by molar-refractivity contribution is -0.137. The molecule has 0 aliphatic carbocycles. The standard InChI is InChI=1S/C27H26O5/c28-25(29)15-8-17-30-24-14-7-13-23-22(19-32-27(23)24)16-18-31-26(20-9-3-1-4-10-20)21-11-5-2-6-12-21/h1-7,9-14,19,26H,8,15-18H2,(H,28,29). The van der Waals surface area contributed by atoms with Gasteiger partial charge in [0.15, 0.2) is 11.3 Å². The molecule has 164 valence electrons. The second-order valence-corrected chi connectivity index (χ2v) is 7.56. The summed E-state index contributed by atoms with van der Waals surface area (Å²) in [7, 11) is 0. The predicted octanol–water partition coefficient (Wildman–Crippen LogP) is 6.03. The highest BCUT2D eigenvalue weighted by Crippen LogP contribution is 2.31. The molecule has 0 aliphatic heterocycles. The summed E-state index contributed by atoms with van der Waals surface area (Å²) in [6.45, 7) is 0.868. The fourth-order valence-electron chi connectivity index (χ4n) is 3.72. The summed E-state index contributed by atoms with van der Waals surface area (Å²) in [5.74, 6) is -0.192. The molecule has 4 aromatic rings. The molecule has 0 atom stereocenters. The fraction of sp³-hybridized carbons (Fsp3) is 0.222. The van der Waals surface area contributed by atoms with Crippen molar-refractivity contribution in [1.29, 1.82) is 0 Å². The summed E-state index contributed by atoms with van der Waals surface area (Å²) in [6, 6.07) is 26.2. The van der Waals surface area contributed by atoms with Gasteiger partial charge in [0.25, 0.3) is 0 Å². The van der Waals surface area contributed by atoms with Crippen molar-refractivity contribution in [2.75, 3.05) is 13.2 Å². The average Bonchev–Trinajstić information content (AvgIpc) is 3.24. The fourth-order valence-corrected chi connectivity index (χ4v) is 3.72. The molecule has 0 saturated carbocycles. The van der Waals surface area contributed by atoms with Gasteiger partial charge in [0.2, 0.25) is 0 Å². The number of carboxylic acids is 1. The van der Waals surface area contributed by atoms with Gasteiger partial charge < -0.3 is 19.0 Å². The molecule has 1 aromatic heterocycles. The van der Waals surface area contributed by atoms with E-state index in [1.165, 1.54) is 0 Å². The van der Waals surface area contributed by atoms with Gasteiger partial charge in [-0.15, -0.1) is 0 Å². The second kappa shape index (κ2) is 10.6. The maximum atomic E-state index is 10.7. The first-order chi connectivity index (χ1) is 15.7. The molecule has 0 aliphatic rings. The molecular formula is C27H26O5. The SMILES string of the molecule is O=C(O)CCCOc1cccc2c(CCOC(c3ccccc3)c3ccccc3)coc12. The van der Waals surface area contributed by atoms with Crippen molar-refractivity contribution in [3.05, 3.63) is 102 Å². The Labute approximate surface area is 187 Å². The minimum Gasteiger partial charge on any atom is -0.490 e. The van der Waals surface area contributed by atoms with Crippen LogP contribution in [0.3, 0.4) is 0 Å². The summed E-state index contributed by atoms with van der Waals surface area (Å²) in [5, 5.41) is 9.75. The zero-order valence-electron chi connectivity index (χ0n) is 17.8. The average molecular weight is 431 g/mol. The predicted molar refractivity (Wildman–Crippen MR) is 123 cm³/mol. The zero-order chi connectivity index (χ0) is 22.2. The van der Waals surface area contributed by atoms with Gasteiger partial charge in [0.1, 0.15) is 6.10 Å². The Morgan fingerprint density at radius 1 is 0.875 bits per heavy atom. The number of furan rings is 1. The van der Waals surface area contributed by atoms with Gasteiger partial charge in [-0.2, -0.15) is 0 Å². The molecule has 0 bridgehead atoms. The molecule has 1 N–H and O–H groups in total. The summed E-state index contributed by atoms with van der Waals surface area (Å²) in [4.78, 5) is 10.7. The normalized spacial score (nSPS) is 11.2. The van der Waals surface area contributed by atoms with Crippen molar-refractivity contribution in [3.8, 4) is 5.75 Å². The van der Waals surface area contributed by atoms with Gasteiger partial charge in [-0.3, -0.25) is 4.79 Å². The van der Waals surface area contributed by atoms with Gasteiger partial charge in [-0.25, -0.2) is 0 Å². The molecule has 5 nitrogen and oxygen atoms in total. The smallest absolute Gasteiger partial charge is 0.303 e. The Morgan fingerprint density at radius 2 is 1.56 bits per heavy atom. The molecule has 32 heavy (non-hydrogen) atoms. The van der Waals surface area contributed by atoms with E-state index < -0.39 is 5.97 Å². The van der Waals surface area contributed by atoms with E-state index >= 15 is 0 Å². The lowest BCUT2D eigenvalue weighted by atomic mass is 10.0. The van der Waals surface area contributed by atoms with Crippen LogP contribution >= 0.6 is 0 Å². The monoisotopic (exact) mass is 430 g/mol. The van der Waals surface area contributed by atoms with Crippen LogP contribution in [0.1, 0.15) is 35.6 Å². The summed E-state index contributed by atoms with van der Waals surface area (Å²) < 4.78 is 17.9. The van der Waals surface area contributed by atoms with Crippen molar-refractivity contribution < 1.29 is 23.8 Å². The Hall–Kier alpha value is -3.57. The van der Waals surface area contributed by atoms with Gasteiger partial charge in [0, 0.05) is 17.4 Å². The number of rotatable bonds is 11. The third-order valence-corrected chi connectivity index (χ3v) is 5.30. The van der Waals surface area contributed by atoms with Crippen LogP contribution in [0.2, 0.25) is 0 Å². The molecule has 1 heterocycles. The lowest BCUT2D eigenvalue weighted by Crippen LogP contribution is -2.08. The third-order valence-electron chi connectivity index (χ3n) is 5.30. The van der Waals surface area contributed by atoms with Crippen molar-refractivity contribution in [1.82, 2.24) is 0 Å². The second-order valence-electron chi connectivity index (χ2n) is 7.56. The maximum absolute atomic E-state index is 10.7. The maximum Gasteiger partial charge on any atom is 0.303 e. The number of carboxylic acid groups (broad SMARTS) is 1. The number of benzene rings is 3. The molecule has 0 fully saturated rings. The highest BCUT2D eigenvalue weighted by Gasteiger charge is 2.16. The van der Waals surface area contributed by atoms with Gasteiger partial charge in [-0.05, 0) is 30.0 Å². The van der Waals surface area contributed by atoms with E-state index in [0.717, 1.165) is 22.1 Å². The first-order valence-corrected chi connectivity index (χ1v) is 10.8. The first kappa shape index (κ1) is 21.7. The molecule has 0 unspecified atom stereocenters. The number of fused-ring (bicyclic) bond motifs is 1. The van der Waals surface area contributed by atoms with Crippen LogP contribution < -0.4 is 4.74 Å². The number of ether oxygens (including phenoxy) is 2. The molecule has 4 rings (SSSR count). The number of hydrogen-bond donors (Lipinski definition) is 1. The van der Waals surface area contributed by atoms with E-state index in [2.05, 4.69) is 24.3 Å². The van der Waals surface area contributed by atoms with Crippen LogP contribution in [0.25, 0.3) is 11.0 Å². The van der Waals surface area contributed by atoms with Crippen LogP contribution in [0.4, 0.5) is 0 Å². The van der Waals surface area contributed by atoms with Crippen LogP contribution in [0, 0.1) is 0 Å². The summed E-state index contributed by atoms with van der Waals surface area (Å²) in [5.41, 5.74) is 3.97. The van der Waals surface area contributed by atoms with E-state index in [-0.39, 0.29) is 12.5 Å². The van der Waals surface area contributed by atoms with Crippen molar-refractivity contribution >= 4 is 16.9 Å². The van der Waals surface area contributed by atoms with Crippen LogP contribution in [0.5, 0.6) is 5.75 Å². The first-order valence-electron chi connectivity index (χ1n) is 10.8. The Kier molecular flexibility index (Phi) is 7.20. The minimum atomic E-state index is -0.823. The van der Waals surface area contributed by atoms with Crippen molar-refractivity contribution in [2.45, 2.75) is 25.4 Å². The number of hydrogen-bond acceptors (Lipinski definition) is 4. The van der Waals surface area contributed by atoms with Gasteiger partial charge >= 0.3 is 5.97 Å². The Balaban J connectivity index is 1.43. The number of carbonyl (C=O) groups is 1. The van der Waals surface area contributed by atoms with E-state index in [1.54, 1.807) is 6.26 Å². The topological polar surface area (TPSA) is 68.9 Å². The quantitative estimate of drug-likeness (QED) is 0.295. The van der Waals surface area contributed by atoms with E-state index in [1.807, 2.05) is 54.6 Å². The highest BCUT2D eigenvalue weighted by molar-refractivity contribution is 5.86. The lowest BCUT2D eigenvalue weighted by Gasteiger charge is -2.19. The molecule has 0 amide bonds. The summed E-state index contributed by atoms with van der Waals surface area (Å²) >= 11 is 0. The van der Waals surface area contributed by atoms with Crippen LogP contribution in [-0.2, 0) is 16.0 Å². The molecule has 0 radical (unpaired) electrons. The molecule has 3 aromatic carbocycles. The van der Waals surface area contributed by atoms with Crippen molar-refractivity contribution in [2.24, 2.45) is 0 Å².